The number of nitrogen functional groups attached to an aromatic ring is 1. The molecule has 0 spiro atoms. The van der Waals surface area contributed by atoms with Crippen LogP contribution in [0.3, 0.4) is 0 Å². The maximum absolute atomic E-state index is 6.24. The molecule has 1 aromatic rings. The molecule has 0 atom stereocenters. The summed E-state index contributed by atoms with van der Waals surface area (Å²) in [5, 5.41) is 0.760. The van der Waals surface area contributed by atoms with Gasteiger partial charge in [-0.25, -0.2) is 0 Å². The van der Waals surface area contributed by atoms with Crippen molar-refractivity contribution in [3.8, 4) is 0 Å². The molecule has 2 N–H and O–H groups in total. The van der Waals surface area contributed by atoms with E-state index in [1.807, 2.05) is 12.1 Å². The number of hydrogen-bond acceptors (Lipinski definition) is 2. The number of anilines is 2. The van der Waals surface area contributed by atoms with E-state index in [-0.39, 0.29) is 0 Å². The summed E-state index contributed by atoms with van der Waals surface area (Å²) in [6.45, 7) is 8.32. The highest BCUT2D eigenvalue weighted by Gasteiger charge is 2.12. The van der Waals surface area contributed by atoms with Crippen molar-refractivity contribution in [1.29, 1.82) is 0 Å². The van der Waals surface area contributed by atoms with Crippen LogP contribution in [-0.4, -0.2) is 13.1 Å². The first-order chi connectivity index (χ1) is 7.13. The molecule has 0 saturated heterocycles. The first kappa shape index (κ1) is 12.2. The van der Waals surface area contributed by atoms with Crippen LogP contribution in [0.2, 0.25) is 5.02 Å². The van der Waals surface area contributed by atoms with Crippen molar-refractivity contribution in [2.75, 3.05) is 23.7 Å². The quantitative estimate of drug-likeness (QED) is 0.798. The van der Waals surface area contributed by atoms with Crippen molar-refractivity contribution in [3.63, 3.8) is 0 Å². The summed E-state index contributed by atoms with van der Waals surface area (Å²) in [6, 6.07) is 3.84. The molecule has 0 aromatic heterocycles. The molecule has 1 aromatic carbocycles. The van der Waals surface area contributed by atoms with Crippen LogP contribution in [0, 0.1) is 0 Å². The Kier molecular flexibility index (Phi) is 4.28. The molecule has 0 aliphatic heterocycles. The molecular weight excluding hydrogens is 208 g/mol. The summed E-state index contributed by atoms with van der Waals surface area (Å²) in [4.78, 5) is 2.26. The van der Waals surface area contributed by atoms with E-state index in [1.165, 1.54) is 5.56 Å². The van der Waals surface area contributed by atoms with Gasteiger partial charge in [0.15, 0.2) is 0 Å². The third kappa shape index (κ3) is 2.57. The van der Waals surface area contributed by atoms with Crippen LogP contribution in [0.25, 0.3) is 0 Å². The lowest BCUT2D eigenvalue weighted by Gasteiger charge is -2.25. The summed E-state index contributed by atoms with van der Waals surface area (Å²) in [6.07, 6.45) is 0.955. The van der Waals surface area contributed by atoms with Crippen molar-refractivity contribution in [2.45, 2.75) is 27.2 Å². The largest absolute Gasteiger partial charge is 0.399 e. The summed E-state index contributed by atoms with van der Waals surface area (Å²) >= 11 is 6.24. The molecule has 84 valence electrons. The van der Waals surface area contributed by atoms with Crippen molar-refractivity contribution < 1.29 is 0 Å². The van der Waals surface area contributed by atoms with E-state index < -0.39 is 0 Å². The van der Waals surface area contributed by atoms with Crippen LogP contribution in [0.4, 0.5) is 11.4 Å². The Morgan fingerprint density at radius 2 is 1.80 bits per heavy atom. The molecule has 0 saturated carbocycles. The zero-order chi connectivity index (χ0) is 11.4. The fourth-order valence-electron chi connectivity index (χ4n) is 1.84. The fraction of sp³-hybridized carbons (Fsp3) is 0.500. The predicted molar refractivity (Wildman–Crippen MR) is 68.8 cm³/mol. The van der Waals surface area contributed by atoms with Gasteiger partial charge in [-0.05, 0) is 38.0 Å². The first-order valence-electron chi connectivity index (χ1n) is 5.46. The van der Waals surface area contributed by atoms with E-state index in [0.717, 1.165) is 35.9 Å². The fourth-order valence-corrected chi connectivity index (χ4v) is 2.21. The van der Waals surface area contributed by atoms with E-state index >= 15 is 0 Å². The van der Waals surface area contributed by atoms with Gasteiger partial charge in [-0.15, -0.1) is 0 Å². The smallest absolute Gasteiger partial charge is 0.0662 e. The maximum atomic E-state index is 6.24. The number of hydrogen-bond donors (Lipinski definition) is 1. The number of benzene rings is 1. The van der Waals surface area contributed by atoms with Gasteiger partial charge in [0, 0.05) is 18.8 Å². The minimum Gasteiger partial charge on any atom is -0.399 e. The van der Waals surface area contributed by atoms with E-state index in [2.05, 4.69) is 25.7 Å². The molecule has 1 rings (SSSR count). The van der Waals surface area contributed by atoms with Gasteiger partial charge in [0.05, 0.1) is 10.7 Å². The Morgan fingerprint density at radius 3 is 2.27 bits per heavy atom. The molecule has 2 nitrogen and oxygen atoms in total. The SMILES string of the molecule is CCc1cc(N)cc(Cl)c1N(CC)CC. The normalized spacial score (nSPS) is 10.4. The molecular formula is C12H19ClN2. The first-order valence-corrected chi connectivity index (χ1v) is 5.84. The van der Waals surface area contributed by atoms with Crippen molar-refractivity contribution in [2.24, 2.45) is 0 Å². The zero-order valence-corrected chi connectivity index (χ0v) is 10.4. The number of halogens is 1. The Morgan fingerprint density at radius 1 is 1.20 bits per heavy atom. The monoisotopic (exact) mass is 226 g/mol. The van der Waals surface area contributed by atoms with Crippen LogP contribution in [0.15, 0.2) is 12.1 Å². The molecule has 0 heterocycles. The lowest BCUT2D eigenvalue weighted by Crippen LogP contribution is -2.23. The zero-order valence-electron chi connectivity index (χ0n) is 9.68. The predicted octanol–water partition coefficient (Wildman–Crippen LogP) is 3.33. The third-order valence-electron chi connectivity index (χ3n) is 2.63. The van der Waals surface area contributed by atoms with Gasteiger partial charge in [0.25, 0.3) is 0 Å². The van der Waals surface area contributed by atoms with Crippen molar-refractivity contribution in [3.05, 3.63) is 22.7 Å². The van der Waals surface area contributed by atoms with Crippen LogP contribution >= 0.6 is 11.6 Å². The minimum absolute atomic E-state index is 0.743. The van der Waals surface area contributed by atoms with Gasteiger partial charge in [0.1, 0.15) is 0 Å². The van der Waals surface area contributed by atoms with Crippen LogP contribution in [-0.2, 0) is 6.42 Å². The molecule has 15 heavy (non-hydrogen) atoms. The molecule has 3 heteroatoms. The summed E-state index contributed by atoms with van der Waals surface area (Å²) < 4.78 is 0. The highest BCUT2D eigenvalue weighted by molar-refractivity contribution is 6.33. The van der Waals surface area contributed by atoms with Gasteiger partial charge in [-0.3, -0.25) is 0 Å². The third-order valence-corrected chi connectivity index (χ3v) is 2.91. The van der Waals surface area contributed by atoms with Crippen LogP contribution in [0.1, 0.15) is 26.3 Å². The van der Waals surface area contributed by atoms with Crippen LogP contribution < -0.4 is 10.6 Å². The Labute approximate surface area is 97.0 Å². The second-order valence-corrected chi connectivity index (χ2v) is 3.94. The highest BCUT2D eigenvalue weighted by atomic mass is 35.5. The second kappa shape index (κ2) is 5.26. The summed E-state index contributed by atoms with van der Waals surface area (Å²) in [7, 11) is 0. The molecule has 0 aliphatic rings. The topological polar surface area (TPSA) is 29.3 Å². The number of nitrogens with zero attached hydrogens (tertiary/aromatic N) is 1. The summed E-state index contributed by atoms with van der Waals surface area (Å²) in [5.74, 6) is 0. The minimum atomic E-state index is 0.743. The standard InChI is InChI=1S/C12H19ClN2/c1-4-9-7-10(14)8-11(13)12(9)15(5-2)6-3/h7-8H,4-6,14H2,1-3H3. The van der Waals surface area contributed by atoms with E-state index in [1.54, 1.807) is 0 Å². The lowest BCUT2D eigenvalue weighted by molar-refractivity contribution is 0.856. The van der Waals surface area contributed by atoms with Gasteiger partial charge < -0.3 is 10.6 Å². The Hall–Kier alpha value is -0.890. The van der Waals surface area contributed by atoms with E-state index in [9.17, 15) is 0 Å². The Bertz CT molecular complexity index is 333. The van der Waals surface area contributed by atoms with Gasteiger partial charge in [-0.1, -0.05) is 18.5 Å². The molecule has 0 radical (unpaired) electrons. The molecule has 0 fully saturated rings. The molecule has 0 bridgehead atoms. The van der Waals surface area contributed by atoms with E-state index in [0.29, 0.717) is 0 Å². The summed E-state index contributed by atoms with van der Waals surface area (Å²) in [5.41, 5.74) is 8.89. The lowest BCUT2D eigenvalue weighted by atomic mass is 10.1. The highest BCUT2D eigenvalue weighted by Crippen LogP contribution is 2.32. The average molecular weight is 227 g/mol. The number of nitrogens with two attached hydrogens (primary N) is 1. The van der Waals surface area contributed by atoms with Gasteiger partial charge >= 0.3 is 0 Å². The maximum Gasteiger partial charge on any atom is 0.0662 e. The van der Waals surface area contributed by atoms with Crippen molar-refractivity contribution >= 4 is 23.0 Å². The number of rotatable bonds is 4. The molecule has 0 aliphatic carbocycles. The van der Waals surface area contributed by atoms with Gasteiger partial charge in [-0.2, -0.15) is 0 Å². The second-order valence-electron chi connectivity index (χ2n) is 3.54. The number of aryl methyl sites for hydroxylation is 1. The molecule has 0 unspecified atom stereocenters. The van der Waals surface area contributed by atoms with E-state index in [4.69, 9.17) is 17.3 Å². The average Bonchev–Trinajstić information content (AvgIpc) is 2.21. The van der Waals surface area contributed by atoms with Gasteiger partial charge in [0.2, 0.25) is 0 Å². The molecule has 0 amide bonds. The van der Waals surface area contributed by atoms with Crippen LogP contribution in [0.5, 0.6) is 0 Å². The van der Waals surface area contributed by atoms with Crippen molar-refractivity contribution in [1.82, 2.24) is 0 Å². The Balaban J connectivity index is 3.24.